The Hall–Kier alpha value is -1.66. The molecule has 0 spiro atoms. The molecule has 0 aliphatic carbocycles. The van der Waals surface area contributed by atoms with Crippen LogP contribution in [0, 0.1) is 5.82 Å². The number of hydrogen-bond acceptors (Lipinski definition) is 9. The van der Waals surface area contributed by atoms with Crippen molar-refractivity contribution in [1.82, 2.24) is 4.90 Å². The number of nitrogens with two attached hydrogens (primary N) is 1. The van der Waals surface area contributed by atoms with E-state index in [4.69, 9.17) is 45.1 Å². The summed E-state index contributed by atoms with van der Waals surface area (Å²) in [5.41, 5.74) is 6.50. The van der Waals surface area contributed by atoms with Gasteiger partial charge in [0.05, 0.1) is 24.3 Å². The number of fused-ring (bicyclic) bond motifs is 1. The summed E-state index contributed by atoms with van der Waals surface area (Å²) in [4.78, 5) is 24.4. The van der Waals surface area contributed by atoms with Crippen molar-refractivity contribution < 1.29 is 41.9 Å². The van der Waals surface area contributed by atoms with Gasteiger partial charge < -0.3 is 29.7 Å². The number of amides is 1. The zero-order valence-electron chi connectivity index (χ0n) is 19.7. The molecule has 4 aliphatic heterocycles. The highest BCUT2D eigenvalue weighted by molar-refractivity contribution is 7.55. The first-order chi connectivity index (χ1) is 17.0. The molecule has 1 radical (unpaired) electrons. The maximum absolute atomic E-state index is 13.6. The number of halogens is 2. The van der Waals surface area contributed by atoms with E-state index < -0.39 is 56.3 Å². The van der Waals surface area contributed by atoms with Crippen LogP contribution in [-0.2, 0) is 32.6 Å². The third kappa shape index (κ3) is 5.31. The van der Waals surface area contributed by atoms with Crippen molar-refractivity contribution in [2.24, 2.45) is 5.73 Å². The Balaban J connectivity index is 1.28. The van der Waals surface area contributed by atoms with Crippen molar-refractivity contribution in [2.75, 3.05) is 13.2 Å². The van der Waals surface area contributed by atoms with E-state index in [0.717, 1.165) is 0 Å². The van der Waals surface area contributed by atoms with Gasteiger partial charge in [0.15, 0.2) is 12.0 Å². The predicted molar refractivity (Wildman–Crippen MR) is 126 cm³/mol. The number of hydrogen-bond donors (Lipinski definition) is 2. The molecule has 0 bridgehead atoms. The van der Waals surface area contributed by atoms with E-state index in [0.29, 0.717) is 24.0 Å². The van der Waals surface area contributed by atoms with E-state index in [-0.39, 0.29) is 18.2 Å². The van der Waals surface area contributed by atoms with E-state index in [1.54, 1.807) is 37.2 Å². The minimum Gasteiger partial charge on any atom is -0.366 e. The maximum atomic E-state index is 13.6. The van der Waals surface area contributed by atoms with Crippen LogP contribution in [0.5, 0.6) is 0 Å². The standard InChI is InChI=1S/C23H28ClFN2O8P/c1-23(2)33-19-18(32-22(20(19)34-23)27-8-3-4-14(11-27)21(26)28)12-31-36(29)30-9-7-17(35-36)13-5-6-16(25)15(24)10-13/h3,5-6,8,10-11,17-20,22,29H,4,7,9,12H2,1-2H3,(H2,26,28)/t17?,18?,19-,20-,22-/m1/s1. The zero-order chi connectivity index (χ0) is 25.7. The number of ether oxygens (including phenoxy) is 3. The Morgan fingerprint density at radius 1 is 1.36 bits per heavy atom. The second kappa shape index (κ2) is 9.90. The molecule has 3 N–H and O–H groups in total. The SMILES string of the molecule is CC1(C)O[C@@H]2[C@H](O1)C(CO[P]1(O)OCCC(c3ccc(F)c(Cl)c3)O1)O[C@H]2N1C=CCC(C(N)=O)=C1. The number of rotatable bonds is 6. The second-order valence-corrected chi connectivity index (χ2v) is 11.4. The van der Waals surface area contributed by atoms with Crippen LogP contribution in [0.15, 0.2) is 42.2 Å². The molecule has 4 heterocycles. The molecule has 13 heteroatoms. The van der Waals surface area contributed by atoms with Gasteiger partial charge in [0.1, 0.15) is 24.1 Å². The topological polar surface area (TPSA) is 122 Å². The lowest BCUT2D eigenvalue weighted by Gasteiger charge is -2.37. The van der Waals surface area contributed by atoms with Crippen LogP contribution >= 0.6 is 19.8 Å². The molecule has 10 nitrogen and oxygen atoms in total. The number of allylic oxidation sites excluding steroid dienone is 1. The van der Waals surface area contributed by atoms with Crippen LogP contribution in [0.1, 0.15) is 38.4 Å². The number of carbonyl (C=O) groups excluding carboxylic acids is 1. The number of nitrogens with zero attached hydrogens (tertiary/aromatic N) is 1. The molecule has 4 aliphatic rings. The summed E-state index contributed by atoms with van der Waals surface area (Å²) in [7, 11) is -3.72. The molecular formula is C23H28ClFN2O8P. The van der Waals surface area contributed by atoms with Crippen molar-refractivity contribution in [3.63, 3.8) is 0 Å². The summed E-state index contributed by atoms with van der Waals surface area (Å²) in [5.74, 6) is -1.93. The summed E-state index contributed by atoms with van der Waals surface area (Å²) in [5, 5.41) is -0.0388. The van der Waals surface area contributed by atoms with Crippen LogP contribution in [-0.4, -0.2) is 59.2 Å². The van der Waals surface area contributed by atoms with Crippen LogP contribution in [0.3, 0.4) is 0 Å². The molecule has 6 atom stereocenters. The summed E-state index contributed by atoms with van der Waals surface area (Å²) < 4.78 is 49.0. The fourth-order valence-corrected chi connectivity index (χ4v) is 6.23. The Morgan fingerprint density at radius 3 is 2.89 bits per heavy atom. The van der Waals surface area contributed by atoms with E-state index >= 15 is 0 Å². The number of benzene rings is 1. The maximum Gasteiger partial charge on any atom is 0.378 e. The van der Waals surface area contributed by atoms with Gasteiger partial charge in [-0.1, -0.05) is 23.7 Å². The second-order valence-electron chi connectivity index (χ2n) is 9.34. The quantitative estimate of drug-likeness (QED) is 0.517. The molecule has 3 fully saturated rings. The summed E-state index contributed by atoms with van der Waals surface area (Å²) in [6, 6.07) is 4.24. The Bertz CT molecular complexity index is 1090. The number of carbonyl (C=O) groups is 1. The minimum absolute atomic E-state index is 0.0388. The van der Waals surface area contributed by atoms with Crippen molar-refractivity contribution >= 4 is 25.7 Å². The fourth-order valence-electron chi connectivity index (χ4n) is 4.63. The average Bonchev–Trinajstić information content (AvgIpc) is 3.32. The first-order valence-electron chi connectivity index (χ1n) is 11.5. The largest absolute Gasteiger partial charge is 0.378 e. The average molecular weight is 546 g/mol. The first-order valence-corrected chi connectivity index (χ1v) is 13.4. The van der Waals surface area contributed by atoms with E-state index in [1.807, 2.05) is 6.08 Å². The van der Waals surface area contributed by atoms with Gasteiger partial charge in [0, 0.05) is 24.4 Å². The highest BCUT2D eigenvalue weighted by Gasteiger charge is 2.57. The highest BCUT2D eigenvalue weighted by Crippen LogP contribution is 2.64. The lowest BCUT2D eigenvalue weighted by molar-refractivity contribution is -0.202. The van der Waals surface area contributed by atoms with Crippen molar-refractivity contribution in [3.8, 4) is 0 Å². The molecule has 197 valence electrons. The van der Waals surface area contributed by atoms with Gasteiger partial charge in [-0.15, -0.1) is 0 Å². The van der Waals surface area contributed by atoms with E-state index in [9.17, 15) is 14.1 Å². The zero-order valence-corrected chi connectivity index (χ0v) is 21.4. The molecule has 0 saturated carbocycles. The van der Waals surface area contributed by atoms with Gasteiger partial charge in [-0.3, -0.25) is 18.4 Å². The first kappa shape index (κ1) is 26.0. The third-order valence-electron chi connectivity index (χ3n) is 6.27. The molecule has 3 unspecified atom stereocenters. The van der Waals surface area contributed by atoms with Crippen LogP contribution in [0.4, 0.5) is 4.39 Å². The lowest BCUT2D eigenvalue weighted by Crippen LogP contribution is -2.40. The Kier molecular flexibility index (Phi) is 7.14. The molecule has 3 saturated heterocycles. The molecule has 5 rings (SSSR count). The minimum atomic E-state index is -3.72. The fraction of sp³-hybridized carbons (Fsp3) is 0.522. The summed E-state index contributed by atoms with van der Waals surface area (Å²) in [6.45, 7) is 3.66. The van der Waals surface area contributed by atoms with Crippen LogP contribution in [0.2, 0.25) is 5.02 Å². The van der Waals surface area contributed by atoms with Crippen molar-refractivity contribution in [2.45, 2.75) is 63.1 Å². The van der Waals surface area contributed by atoms with Gasteiger partial charge >= 0.3 is 8.17 Å². The van der Waals surface area contributed by atoms with E-state index in [2.05, 4.69) is 0 Å². The Morgan fingerprint density at radius 2 is 2.14 bits per heavy atom. The molecule has 1 amide bonds. The van der Waals surface area contributed by atoms with Gasteiger partial charge in [-0.25, -0.2) is 4.39 Å². The lowest BCUT2D eigenvalue weighted by atomic mass is 10.1. The normalized spacial score (nSPS) is 35.5. The predicted octanol–water partition coefficient (Wildman–Crippen LogP) is 3.48. The van der Waals surface area contributed by atoms with Crippen molar-refractivity contribution in [1.29, 1.82) is 0 Å². The molecule has 36 heavy (non-hydrogen) atoms. The van der Waals surface area contributed by atoms with E-state index in [1.165, 1.54) is 12.1 Å². The summed E-state index contributed by atoms with van der Waals surface area (Å²) in [6.07, 6.45) is 3.23. The number of primary amides is 1. The molecule has 1 aromatic rings. The molecular weight excluding hydrogens is 518 g/mol. The summed E-state index contributed by atoms with van der Waals surface area (Å²) >= 11 is 5.90. The third-order valence-corrected chi connectivity index (χ3v) is 8.06. The van der Waals surface area contributed by atoms with Gasteiger partial charge in [-0.2, -0.15) is 0 Å². The Labute approximate surface area is 213 Å². The van der Waals surface area contributed by atoms with Gasteiger partial charge in [0.2, 0.25) is 5.91 Å². The van der Waals surface area contributed by atoms with Crippen LogP contribution in [0.25, 0.3) is 0 Å². The monoisotopic (exact) mass is 545 g/mol. The molecule has 0 aromatic heterocycles. The van der Waals surface area contributed by atoms with Crippen LogP contribution < -0.4 is 5.73 Å². The smallest absolute Gasteiger partial charge is 0.366 e. The van der Waals surface area contributed by atoms with Crippen molar-refractivity contribution in [3.05, 3.63) is 58.7 Å². The highest BCUT2D eigenvalue weighted by atomic mass is 35.5. The van der Waals surface area contributed by atoms with Gasteiger partial charge in [-0.05, 0) is 38.0 Å². The molecule has 1 aromatic carbocycles. The van der Waals surface area contributed by atoms with Gasteiger partial charge in [0.25, 0.3) is 0 Å².